The zero-order valence-electron chi connectivity index (χ0n) is 20.0. The topological polar surface area (TPSA) is 107 Å². The smallest absolute Gasteiger partial charge is 0.416 e. The number of rotatable bonds is 6. The second-order valence-corrected chi connectivity index (χ2v) is 9.03. The lowest BCUT2D eigenvalue weighted by Crippen LogP contribution is -2.45. The highest BCUT2D eigenvalue weighted by atomic mass is 35.5. The fourth-order valence-corrected chi connectivity index (χ4v) is 4.31. The maximum absolute atomic E-state index is 13.2. The molecule has 2 atom stereocenters. The van der Waals surface area contributed by atoms with Crippen molar-refractivity contribution in [2.24, 2.45) is 0 Å². The molecule has 194 valence electrons. The van der Waals surface area contributed by atoms with Gasteiger partial charge in [0, 0.05) is 30.3 Å². The van der Waals surface area contributed by atoms with E-state index in [-0.39, 0.29) is 18.0 Å². The lowest BCUT2D eigenvalue weighted by molar-refractivity contribution is -0.137. The number of hydrogen-bond acceptors (Lipinski definition) is 6. The fraction of sp³-hybridized carbons (Fsp3) is 0.280. The summed E-state index contributed by atoms with van der Waals surface area (Å²) in [5, 5.41) is 15.9. The van der Waals surface area contributed by atoms with Crippen molar-refractivity contribution in [3.8, 4) is 17.0 Å². The average Bonchev–Trinajstić information content (AvgIpc) is 3.18. The van der Waals surface area contributed by atoms with Gasteiger partial charge in [0.25, 0.3) is 5.91 Å². The molecule has 2 aromatic carbocycles. The van der Waals surface area contributed by atoms with Gasteiger partial charge in [-0.1, -0.05) is 29.8 Å². The molecule has 0 saturated heterocycles. The van der Waals surface area contributed by atoms with Crippen molar-refractivity contribution < 1.29 is 27.9 Å². The first-order chi connectivity index (χ1) is 17.4. The summed E-state index contributed by atoms with van der Waals surface area (Å²) in [6, 6.07) is 6.09. The maximum Gasteiger partial charge on any atom is 0.416 e. The van der Waals surface area contributed by atoms with E-state index in [0.29, 0.717) is 33.9 Å². The molecule has 1 aliphatic rings. The molecule has 2 amide bonds. The number of carbonyl (C=O) groups excluding carboxylic acids is 2. The molecule has 1 aliphatic heterocycles. The minimum absolute atomic E-state index is 0.122. The minimum atomic E-state index is -4.60. The number of benzene rings is 2. The summed E-state index contributed by atoms with van der Waals surface area (Å²) in [7, 11) is 1.67. The molecule has 0 spiro atoms. The molecule has 8 nitrogen and oxygen atoms in total. The Kier molecular flexibility index (Phi) is 7.00. The first-order valence-corrected chi connectivity index (χ1v) is 11.6. The van der Waals surface area contributed by atoms with Gasteiger partial charge in [-0.05, 0) is 37.6 Å². The van der Waals surface area contributed by atoms with Crippen LogP contribution in [-0.4, -0.2) is 44.9 Å². The van der Waals surface area contributed by atoms with E-state index in [1.807, 2.05) is 0 Å². The van der Waals surface area contributed by atoms with Crippen LogP contribution >= 0.6 is 11.6 Å². The minimum Gasteiger partial charge on any atom is -0.508 e. The molecule has 3 N–H and O–H groups in total. The molecular weight excluding hydrogens is 511 g/mol. The normalized spacial score (nSPS) is 14.8. The molecule has 0 radical (unpaired) electrons. The van der Waals surface area contributed by atoms with Crippen molar-refractivity contribution in [2.75, 3.05) is 12.4 Å². The molecule has 0 fully saturated rings. The summed E-state index contributed by atoms with van der Waals surface area (Å²) >= 11 is 6.26. The van der Waals surface area contributed by atoms with Crippen LogP contribution in [0.1, 0.15) is 46.9 Å². The summed E-state index contributed by atoms with van der Waals surface area (Å²) in [5.41, 5.74) is 1.32. The van der Waals surface area contributed by atoms with Gasteiger partial charge in [-0.25, -0.2) is 9.97 Å². The van der Waals surface area contributed by atoms with Crippen LogP contribution in [0.4, 0.5) is 19.1 Å². The van der Waals surface area contributed by atoms with Gasteiger partial charge in [-0.3, -0.25) is 9.59 Å². The number of amides is 2. The van der Waals surface area contributed by atoms with E-state index in [1.165, 1.54) is 18.0 Å². The Hall–Kier alpha value is -3.86. The molecule has 2 heterocycles. The van der Waals surface area contributed by atoms with E-state index in [9.17, 15) is 27.9 Å². The van der Waals surface area contributed by atoms with E-state index < -0.39 is 35.5 Å². The predicted octanol–water partition coefficient (Wildman–Crippen LogP) is 4.78. The molecule has 3 aromatic rings. The monoisotopic (exact) mass is 533 g/mol. The van der Waals surface area contributed by atoms with Crippen LogP contribution in [0.3, 0.4) is 0 Å². The maximum atomic E-state index is 13.2. The van der Waals surface area contributed by atoms with Crippen LogP contribution < -0.4 is 10.6 Å². The second kappa shape index (κ2) is 9.89. The number of phenols is 1. The highest BCUT2D eigenvalue weighted by Crippen LogP contribution is 2.35. The molecule has 0 aliphatic carbocycles. The number of aromatic nitrogens is 2. The lowest BCUT2D eigenvalue weighted by atomic mass is 10.0. The first kappa shape index (κ1) is 26.2. The lowest BCUT2D eigenvalue weighted by Gasteiger charge is -2.25. The molecular formula is C25H23ClF3N5O3. The number of phenolic OH excluding ortho intramolecular Hbond substituents is 1. The van der Waals surface area contributed by atoms with E-state index in [0.717, 1.165) is 17.7 Å². The summed E-state index contributed by atoms with van der Waals surface area (Å²) in [4.78, 5) is 35.9. The van der Waals surface area contributed by atoms with E-state index >= 15 is 0 Å². The van der Waals surface area contributed by atoms with E-state index in [4.69, 9.17) is 11.6 Å². The molecule has 12 heteroatoms. The highest BCUT2D eigenvalue weighted by Gasteiger charge is 2.35. The second-order valence-electron chi connectivity index (χ2n) is 8.62. The molecule has 37 heavy (non-hydrogen) atoms. The Morgan fingerprint density at radius 3 is 2.57 bits per heavy atom. The summed E-state index contributed by atoms with van der Waals surface area (Å²) in [6.07, 6.45) is -3.14. The molecule has 0 unspecified atom stereocenters. The Morgan fingerprint density at radius 2 is 1.92 bits per heavy atom. The Morgan fingerprint density at radius 1 is 1.19 bits per heavy atom. The van der Waals surface area contributed by atoms with Gasteiger partial charge in [0.1, 0.15) is 11.8 Å². The van der Waals surface area contributed by atoms with Crippen molar-refractivity contribution >= 4 is 29.4 Å². The van der Waals surface area contributed by atoms with Gasteiger partial charge in [0.05, 0.1) is 28.5 Å². The average molecular weight is 534 g/mol. The van der Waals surface area contributed by atoms with Crippen molar-refractivity contribution in [2.45, 2.75) is 38.7 Å². The third-order valence-electron chi connectivity index (χ3n) is 6.21. The molecule has 4 rings (SSSR count). The molecule has 0 saturated carbocycles. The fourth-order valence-electron chi connectivity index (χ4n) is 4.11. The Labute approximate surface area is 215 Å². The van der Waals surface area contributed by atoms with Gasteiger partial charge in [-0.15, -0.1) is 0 Å². The van der Waals surface area contributed by atoms with Crippen LogP contribution in [0, 0.1) is 0 Å². The highest BCUT2D eigenvalue weighted by molar-refractivity contribution is 6.33. The number of halogens is 4. The summed E-state index contributed by atoms with van der Waals surface area (Å²) in [5.74, 6) is -1.10. The van der Waals surface area contributed by atoms with Crippen LogP contribution in [0.15, 0.2) is 42.6 Å². The predicted molar refractivity (Wildman–Crippen MR) is 131 cm³/mol. The van der Waals surface area contributed by atoms with Crippen LogP contribution in [0.5, 0.6) is 5.75 Å². The van der Waals surface area contributed by atoms with Gasteiger partial charge < -0.3 is 20.6 Å². The Bertz CT molecular complexity index is 1380. The zero-order chi connectivity index (χ0) is 27.1. The molecule has 0 bridgehead atoms. The van der Waals surface area contributed by atoms with Crippen molar-refractivity contribution in [1.82, 2.24) is 20.2 Å². The number of aromatic hydroxyl groups is 1. The Balaban J connectivity index is 1.49. The number of anilines is 1. The number of nitrogens with one attached hydrogen (secondary N) is 2. The first-order valence-electron chi connectivity index (χ1n) is 11.3. The summed E-state index contributed by atoms with van der Waals surface area (Å²) < 4.78 is 38.6. The van der Waals surface area contributed by atoms with E-state index in [2.05, 4.69) is 20.6 Å². The number of alkyl halides is 3. The van der Waals surface area contributed by atoms with Gasteiger partial charge in [0.15, 0.2) is 0 Å². The van der Waals surface area contributed by atoms with Gasteiger partial charge in [0.2, 0.25) is 11.9 Å². The largest absolute Gasteiger partial charge is 0.508 e. The van der Waals surface area contributed by atoms with Crippen LogP contribution in [0.25, 0.3) is 11.3 Å². The molecule has 1 aromatic heterocycles. The third-order valence-corrected chi connectivity index (χ3v) is 6.49. The van der Waals surface area contributed by atoms with Gasteiger partial charge >= 0.3 is 6.18 Å². The SMILES string of the molecule is CNc1ncc(Cl)c(-c2ccc3c(c2)C(=O)N([C@H](C)C(=O)N[C@@H](C)c2ccc(C(F)(F)F)cc2O)C3)n1. The number of carbonyl (C=O) groups is 2. The van der Waals surface area contributed by atoms with Crippen molar-refractivity contribution in [3.63, 3.8) is 0 Å². The van der Waals surface area contributed by atoms with Crippen molar-refractivity contribution in [1.29, 1.82) is 0 Å². The van der Waals surface area contributed by atoms with Crippen LogP contribution in [0.2, 0.25) is 5.02 Å². The van der Waals surface area contributed by atoms with Gasteiger partial charge in [-0.2, -0.15) is 13.2 Å². The number of hydrogen-bond donors (Lipinski definition) is 3. The third kappa shape index (κ3) is 5.17. The quantitative estimate of drug-likeness (QED) is 0.421. The van der Waals surface area contributed by atoms with E-state index in [1.54, 1.807) is 32.2 Å². The number of nitrogens with zero attached hydrogens (tertiary/aromatic N) is 3. The van der Waals surface area contributed by atoms with Crippen molar-refractivity contribution in [3.05, 3.63) is 69.9 Å². The zero-order valence-corrected chi connectivity index (χ0v) is 20.8. The number of fused-ring (bicyclic) bond motifs is 1. The standard InChI is InChI=1S/C25H23ClF3N5O3/c1-12(17-7-6-16(9-20(17)35)25(27,28)29)32-22(36)13(2)34-11-15-5-4-14(8-18(15)23(34)37)21-19(26)10-31-24(30-3)33-21/h4-10,12-13,35H,11H2,1-3H3,(H,32,36)(H,30,31,33)/t12-,13+/m0/s1. The van der Waals surface area contributed by atoms with Crippen LogP contribution in [-0.2, 0) is 17.5 Å². The summed E-state index contributed by atoms with van der Waals surface area (Å²) in [6.45, 7) is 3.28.